The molecule has 0 saturated carbocycles. The molecular weight excluding hydrogens is 759 g/mol. The maximum Gasteiger partial charge on any atom is 0.407 e. The number of carbonyl (C=O) groups is 3. The number of H-pyrrole nitrogens is 3. The number of carbonyl (C=O) groups excluding carboxylic acids is 3. The molecule has 3 aromatic heterocycles. The lowest BCUT2D eigenvalue weighted by atomic mass is 10.0. The number of amides is 3. The first-order valence-electron chi connectivity index (χ1n) is 20.8. The minimum atomic E-state index is -1.06. The van der Waals surface area contributed by atoms with E-state index in [4.69, 9.17) is 9.72 Å². The fourth-order valence-corrected chi connectivity index (χ4v) is 8.58. The van der Waals surface area contributed by atoms with E-state index in [9.17, 15) is 14.4 Å². The second kappa shape index (κ2) is 18.1. The molecule has 15 heteroatoms. The predicted molar refractivity (Wildman–Crippen MR) is 226 cm³/mol. The lowest BCUT2D eigenvalue weighted by Gasteiger charge is -2.34. The Hall–Kier alpha value is -6.61. The quantitative estimate of drug-likeness (QED) is 0.0940. The van der Waals surface area contributed by atoms with E-state index in [1.807, 2.05) is 29.3 Å². The molecule has 15 nitrogen and oxygen atoms in total. The molecule has 3 amide bonds. The average Bonchev–Trinajstić information content (AvgIpc) is 4.15. The van der Waals surface area contributed by atoms with Crippen LogP contribution >= 0.6 is 0 Å². The van der Waals surface area contributed by atoms with Gasteiger partial charge >= 0.3 is 6.09 Å². The number of ether oxygens (including phenoxy) is 1. The second-order valence-corrected chi connectivity index (χ2v) is 15.2. The van der Waals surface area contributed by atoms with Crippen molar-refractivity contribution in [2.75, 3.05) is 33.2 Å². The molecule has 2 saturated heterocycles. The molecule has 4 atom stereocenters. The molecule has 0 unspecified atom stereocenters. The van der Waals surface area contributed by atoms with Gasteiger partial charge in [0.25, 0.3) is 5.91 Å². The topological polar surface area (TPSA) is 181 Å². The van der Waals surface area contributed by atoms with Crippen molar-refractivity contribution in [3.8, 4) is 33.6 Å². The normalized spacial score (nSPS) is 17.5. The highest BCUT2D eigenvalue weighted by atomic mass is 16.6. The molecule has 0 aliphatic carbocycles. The van der Waals surface area contributed by atoms with Crippen LogP contribution in [0.5, 0.6) is 0 Å². The highest BCUT2D eigenvalue weighted by Gasteiger charge is 2.39. The molecule has 3 aromatic carbocycles. The zero-order valence-electron chi connectivity index (χ0n) is 34.2. The van der Waals surface area contributed by atoms with Crippen molar-refractivity contribution in [2.24, 2.45) is 0 Å². The predicted octanol–water partition coefficient (Wildman–Crippen LogP) is 6.63. The van der Waals surface area contributed by atoms with Crippen molar-refractivity contribution in [2.45, 2.75) is 70.2 Å². The van der Waals surface area contributed by atoms with Crippen LogP contribution in [0.3, 0.4) is 0 Å². The Labute approximate surface area is 349 Å². The third-order valence-corrected chi connectivity index (χ3v) is 11.7. The number of rotatable bonds is 14. The van der Waals surface area contributed by atoms with Gasteiger partial charge in [-0.2, -0.15) is 15.4 Å². The van der Waals surface area contributed by atoms with E-state index in [0.717, 1.165) is 83.8 Å². The number of aromatic amines is 3. The fourth-order valence-electron chi connectivity index (χ4n) is 8.58. The van der Waals surface area contributed by atoms with Gasteiger partial charge in [0.1, 0.15) is 17.7 Å². The van der Waals surface area contributed by atoms with Crippen LogP contribution in [-0.2, 0) is 20.7 Å². The number of hydrogen-bond donors (Lipinski definition) is 4. The molecule has 5 heterocycles. The first kappa shape index (κ1) is 40.2. The second-order valence-electron chi connectivity index (χ2n) is 15.2. The van der Waals surface area contributed by atoms with E-state index in [2.05, 4.69) is 115 Å². The number of alkyl carbamates (subject to hydrolysis) is 1. The third kappa shape index (κ3) is 8.43. The van der Waals surface area contributed by atoms with Crippen molar-refractivity contribution < 1.29 is 19.1 Å². The van der Waals surface area contributed by atoms with Crippen LogP contribution < -0.4 is 5.32 Å². The number of benzene rings is 3. The van der Waals surface area contributed by atoms with Gasteiger partial charge in [-0.15, -0.1) is 0 Å². The number of likely N-dealkylation sites (tertiary alicyclic amines) is 2. The molecule has 2 fully saturated rings. The summed E-state index contributed by atoms with van der Waals surface area (Å²) < 4.78 is 5.47. The molecular formula is C45H51N11O4. The number of hydrogen-bond acceptors (Lipinski definition) is 9. The minimum absolute atomic E-state index is 0.102. The summed E-state index contributed by atoms with van der Waals surface area (Å²) in [5, 5.41) is 12.8. The van der Waals surface area contributed by atoms with E-state index >= 15 is 0 Å². The first-order chi connectivity index (χ1) is 29.3. The molecule has 0 radical (unpaired) electrons. The zero-order valence-corrected chi connectivity index (χ0v) is 34.2. The molecule has 8 rings (SSSR count). The third-order valence-electron chi connectivity index (χ3n) is 11.7. The highest BCUT2D eigenvalue weighted by Crippen LogP contribution is 2.37. The van der Waals surface area contributed by atoms with Crippen LogP contribution in [0.15, 0.2) is 97.5 Å². The fraction of sp³-hybridized carbons (Fsp3) is 0.356. The Bertz CT molecular complexity index is 2360. The van der Waals surface area contributed by atoms with E-state index in [1.54, 1.807) is 11.1 Å². The van der Waals surface area contributed by atoms with E-state index in [1.165, 1.54) is 13.2 Å². The van der Waals surface area contributed by atoms with Gasteiger partial charge in [0.2, 0.25) is 5.91 Å². The Kier molecular flexibility index (Phi) is 12.1. The van der Waals surface area contributed by atoms with Crippen molar-refractivity contribution in [1.29, 1.82) is 0 Å². The molecule has 4 N–H and O–H groups in total. The van der Waals surface area contributed by atoms with E-state index < -0.39 is 12.2 Å². The van der Waals surface area contributed by atoms with Crippen molar-refractivity contribution in [3.63, 3.8) is 0 Å². The lowest BCUT2D eigenvalue weighted by molar-refractivity contribution is -0.141. The van der Waals surface area contributed by atoms with Gasteiger partial charge in [-0.25, -0.2) is 14.8 Å². The number of aromatic nitrogens is 7. The maximum atomic E-state index is 14.2. The maximum absolute atomic E-state index is 14.2. The molecule has 0 spiro atoms. The Morgan fingerprint density at radius 1 is 0.750 bits per heavy atom. The average molecular weight is 810 g/mol. The first-order valence-corrected chi connectivity index (χ1v) is 20.8. The van der Waals surface area contributed by atoms with Crippen LogP contribution in [0.2, 0.25) is 0 Å². The van der Waals surface area contributed by atoms with Crippen LogP contribution in [0.25, 0.3) is 33.6 Å². The molecule has 6 aromatic rings. The summed E-state index contributed by atoms with van der Waals surface area (Å²) >= 11 is 0. The highest BCUT2D eigenvalue weighted by molar-refractivity contribution is 5.85. The largest absolute Gasteiger partial charge is 0.436 e. The van der Waals surface area contributed by atoms with Crippen molar-refractivity contribution >= 4 is 17.9 Å². The smallest absolute Gasteiger partial charge is 0.407 e. The van der Waals surface area contributed by atoms with E-state index in [0.29, 0.717) is 24.6 Å². The molecule has 2 aliphatic rings. The van der Waals surface area contributed by atoms with Gasteiger partial charge in [0.05, 0.1) is 47.8 Å². The van der Waals surface area contributed by atoms with Gasteiger partial charge in [-0.3, -0.25) is 14.5 Å². The standard InChI is InChI=1S/C45H51N11O4/c1-4-54(5-2)40(33-11-7-6-8-12-33)44(58)56-24-10-14-38(56)42-48-28-36(51-42)32-21-17-30(18-22-32)29-15-19-31(20-16-29)35-27-47-41(50-35)37-13-9-23-55(37)43(57)39(60-45(59)46-3)25-34-26-49-53-52-34/h6-8,11-12,15-22,26-28,37-40H,4-5,9-10,13-14,23-25H2,1-3H3,(H,46,59)(H,47,50)(H,48,51)(H,49,52,53)/t37-,38-,39-,40+/m0/s1. The van der Waals surface area contributed by atoms with Gasteiger partial charge < -0.3 is 29.8 Å². The Morgan fingerprint density at radius 3 is 1.78 bits per heavy atom. The van der Waals surface area contributed by atoms with Crippen LogP contribution in [0.1, 0.15) is 80.6 Å². The molecule has 2 aliphatic heterocycles. The summed E-state index contributed by atoms with van der Waals surface area (Å²) in [5.41, 5.74) is 7.42. The lowest BCUT2D eigenvalue weighted by Crippen LogP contribution is -2.43. The Morgan fingerprint density at radius 2 is 1.28 bits per heavy atom. The summed E-state index contributed by atoms with van der Waals surface area (Å²) in [5.74, 6) is 1.32. The zero-order chi connectivity index (χ0) is 41.6. The Balaban J connectivity index is 0.924. The number of imidazole rings is 2. The summed E-state index contributed by atoms with van der Waals surface area (Å²) in [6.45, 7) is 7.02. The SMILES string of the molecule is CCN(CC)[C@@H](C(=O)N1CCC[C@H]1c1ncc(-c2ccc(-c3ccc(-c4cnc([C@@H]5CCCN5C(=O)[C@H](Cc5cn[nH]n5)OC(=O)NC)[nH]4)cc3)cc2)[nH]1)c1ccccc1. The summed E-state index contributed by atoms with van der Waals surface area (Å²) in [6.07, 6.45) is 6.86. The summed E-state index contributed by atoms with van der Waals surface area (Å²) in [4.78, 5) is 62.6. The summed E-state index contributed by atoms with van der Waals surface area (Å²) in [7, 11) is 1.45. The van der Waals surface area contributed by atoms with Crippen molar-refractivity contribution in [3.05, 3.63) is 120 Å². The summed E-state index contributed by atoms with van der Waals surface area (Å²) in [6, 6.07) is 26.1. The molecule has 0 bridgehead atoms. The van der Waals surface area contributed by atoms with Crippen LogP contribution in [0.4, 0.5) is 4.79 Å². The molecule has 60 heavy (non-hydrogen) atoms. The van der Waals surface area contributed by atoms with Gasteiger partial charge in [-0.05, 0) is 66.6 Å². The monoisotopic (exact) mass is 809 g/mol. The van der Waals surface area contributed by atoms with Crippen LogP contribution in [0, 0.1) is 0 Å². The van der Waals surface area contributed by atoms with Gasteiger partial charge in [-0.1, -0.05) is 92.7 Å². The van der Waals surface area contributed by atoms with E-state index in [-0.39, 0.29) is 36.4 Å². The van der Waals surface area contributed by atoms with Gasteiger partial charge in [0.15, 0.2) is 6.10 Å². The van der Waals surface area contributed by atoms with Crippen molar-refractivity contribution in [1.82, 2.24) is 55.4 Å². The number of likely N-dealkylation sites (N-methyl/N-ethyl adjacent to an activating group) is 1. The minimum Gasteiger partial charge on any atom is -0.436 e. The number of nitrogens with one attached hydrogen (secondary N) is 4. The van der Waals surface area contributed by atoms with Gasteiger partial charge in [0, 0.05) is 26.6 Å². The number of nitrogens with zero attached hydrogens (tertiary/aromatic N) is 7. The molecule has 310 valence electrons. The van der Waals surface area contributed by atoms with Crippen LogP contribution in [-0.4, -0.2) is 107 Å².